The molecule has 0 N–H and O–H groups in total. The predicted molar refractivity (Wildman–Crippen MR) is 99.9 cm³/mol. The molecule has 0 atom stereocenters. The molecule has 0 aliphatic rings. The van der Waals surface area contributed by atoms with Gasteiger partial charge >= 0.3 is 23.9 Å². The molecule has 28 heavy (non-hydrogen) atoms. The fourth-order valence-corrected chi connectivity index (χ4v) is 1.93. The molecule has 0 aromatic rings. The van der Waals surface area contributed by atoms with Gasteiger partial charge in [-0.2, -0.15) is 0 Å². The van der Waals surface area contributed by atoms with Crippen molar-refractivity contribution in [2.45, 2.75) is 65.2 Å². The zero-order valence-corrected chi connectivity index (χ0v) is 17.2. The highest BCUT2D eigenvalue weighted by molar-refractivity contribution is 5.71. The van der Waals surface area contributed by atoms with Gasteiger partial charge in [0, 0.05) is 25.9 Å². The molecule has 0 spiro atoms. The Morgan fingerprint density at radius 3 is 1.25 bits per heavy atom. The van der Waals surface area contributed by atoms with Gasteiger partial charge < -0.3 is 23.8 Å². The first-order chi connectivity index (χ1) is 13.4. The zero-order chi connectivity index (χ0) is 21.2. The van der Waals surface area contributed by atoms with Crippen LogP contribution in [-0.2, 0) is 38.1 Å². The molecule has 0 radical (unpaired) electrons. The van der Waals surface area contributed by atoms with Crippen LogP contribution in [-0.4, -0.2) is 62.5 Å². The molecule has 0 saturated carbocycles. The van der Waals surface area contributed by atoms with Gasteiger partial charge in [0.1, 0.15) is 0 Å². The average molecular weight is 403 g/mol. The lowest BCUT2D eigenvalue weighted by molar-refractivity contribution is -0.168. The normalized spacial score (nSPS) is 10.4. The third kappa shape index (κ3) is 16.0. The van der Waals surface area contributed by atoms with Crippen molar-refractivity contribution in [2.24, 2.45) is 0 Å². The maximum atomic E-state index is 11.6. The molecule has 0 unspecified atom stereocenters. The Hall–Kier alpha value is -2.16. The number of carbonyl (C=O) groups excluding carboxylic acids is 4. The van der Waals surface area contributed by atoms with E-state index in [4.69, 9.17) is 18.9 Å². The highest BCUT2D eigenvalue weighted by Gasteiger charge is 2.10. The van der Waals surface area contributed by atoms with Crippen LogP contribution < -0.4 is 0 Å². The Morgan fingerprint density at radius 2 is 0.929 bits per heavy atom. The van der Waals surface area contributed by atoms with Crippen molar-refractivity contribution in [1.29, 1.82) is 0 Å². The molecule has 162 valence electrons. The van der Waals surface area contributed by atoms with Crippen molar-refractivity contribution < 1.29 is 38.1 Å². The van der Waals surface area contributed by atoms with Crippen LogP contribution in [0.3, 0.4) is 0 Å². The van der Waals surface area contributed by atoms with Gasteiger partial charge in [0.25, 0.3) is 0 Å². The smallest absolute Gasteiger partial charge is 0.309 e. The molecule has 0 heterocycles. The Kier molecular flexibility index (Phi) is 15.7. The van der Waals surface area contributed by atoms with Crippen LogP contribution in [0.15, 0.2) is 0 Å². The maximum Gasteiger partial charge on any atom is 0.309 e. The molecule has 0 bridgehead atoms. The van der Waals surface area contributed by atoms with E-state index in [9.17, 15) is 19.2 Å². The van der Waals surface area contributed by atoms with Crippen molar-refractivity contribution in [2.75, 3.05) is 33.7 Å². The molecular formula is C19H33NO8. The summed E-state index contributed by atoms with van der Waals surface area (Å²) < 4.78 is 19.2. The van der Waals surface area contributed by atoms with Gasteiger partial charge in [-0.15, -0.1) is 0 Å². The second kappa shape index (κ2) is 17.0. The average Bonchev–Trinajstić information content (AvgIpc) is 2.67. The number of carbonyl (C=O) groups is 4. The lowest BCUT2D eigenvalue weighted by Crippen LogP contribution is -2.26. The van der Waals surface area contributed by atoms with Crippen molar-refractivity contribution in [3.63, 3.8) is 0 Å². The SMILES string of the molecule is CCCCC(=O)OCOC(=O)CCN(C)CCC(=O)OCOC(=O)CCCC. The van der Waals surface area contributed by atoms with Crippen LogP contribution >= 0.6 is 0 Å². The van der Waals surface area contributed by atoms with Gasteiger partial charge in [0.2, 0.25) is 13.6 Å². The first-order valence-electron chi connectivity index (χ1n) is 9.70. The van der Waals surface area contributed by atoms with Crippen molar-refractivity contribution in [3.8, 4) is 0 Å². The summed E-state index contributed by atoms with van der Waals surface area (Å²) in [6, 6.07) is 0. The maximum absolute atomic E-state index is 11.6. The number of hydrogen-bond acceptors (Lipinski definition) is 9. The molecule has 9 nitrogen and oxygen atoms in total. The second-order valence-corrected chi connectivity index (χ2v) is 6.31. The van der Waals surface area contributed by atoms with E-state index in [1.807, 2.05) is 13.8 Å². The summed E-state index contributed by atoms with van der Waals surface area (Å²) in [6.45, 7) is 3.92. The Morgan fingerprint density at radius 1 is 0.607 bits per heavy atom. The summed E-state index contributed by atoms with van der Waals surface area (Å²) in [6.07, 6.45) is 4.08. The van der Waals surface area contributed by atoms with Gasteiger partial charge in [-0.05, 0) is 19.9 Å². The third-order valence-corrected chi connectivity index (χ3v) is 3.74. The number of esters is 4. The molecule has 0 aromatic carbocycles. The molecule has 0 aliphatic heterocycles. The van der Waals surface area contributed by atoms with E-state index in [2.05, 4.69) is 0 Å². The van der Waals surface area contributed by atoms with Gasteiger partial charge in [0.15, 0.2) is 0 Å². The minimum atomic E-state index is -0.489. The molecule has 0 saturated heterocycles. The van der Waals surface area contributed by atoms with Crippen LogP contribution in [0.1, 0.15) is 65.2 Å². The van der Waals surface area contributed by atoms with E-state index >= 15 is 0 Å². The van der Waals surface area contributed by atoms with Crippen LogP contribution in [0.2, 0.25) is 0 Å². The van der Waals surface area contributed by atoms with Gasteiger partial charge in [-0.25, -0.2) is 0 Å². The molecule has 0 rings (SSSR count). The Labute approximate surface area is 166 Å². The number of ether oxygens (including phenoxy) is 4. The van der Waals surface area contributed by atoms with Crippen LogP contribution in [0.5, 0.6) is 0 Å². The quantitative estimate of drug-likeness (QED) is 0.283. The van der Waals surface area contributed by atoms with E-state index in [0.717, 1.165) is 25.7 Å². The molecule has 9 heteroatoms. The fraction of sp³-hybridized carbons (Fsp3) is 0.789. The summed E-state index contributed by atoms with van der Waals surface area (Å²) in [7, 11) is 1.75. The first-order valence-corrected chi connectivity index (χ1v) is 9.70. The molecule has 0 amide bonds. The van der Waals surface area contributed by atoms with E-state index < -0.39 is 11.9 Å². The van der Waals surface area contributed by atoms with E-state index in [1.165, 1.54) is 0 Å². The Balaban J connectivity index is 3.70. The van der Waals surface area contributed by atoms with E-state index in [-0.39, 0.29) is 38.4 Å². The van der Waals surface area contributed by atoms with Gasteiger partial charge in [0.05, 0.1) is 12.8 Å². The first kappa shape index (κ1) is 25.8. The minimum Gasteiger partial charge on any atom is -0.428 e. The molecular weight excluding hydrogens is 370 g/mol. The number of hydrogen-bond donors (Lipinski definition) is 0. The summed E-state index contributed by atoms with van der Waals surface area (Å²) in [5.74, 6) is -1.75. The van der Waals surface area contributed by atoms with Crippen LogP contribution in [0.4, 0.5) is 0 Å². The molecule has 0 fully saturated rings. The summed E-state index contributed by atoms with van der Waals surface area (Å²) in [5, 5.41) is 0. The monoisotopic (exact) mass is 403 g/mol. The van der Waals surface area contributed by atoms with E-state index in [1.54, 1.807) is 11.9 Å². The van der Waals surface area contributed by atoms with Gasteiger partial charge in [-0.3, -0.25) is 19.2 Å². The highest BCUT2D eigenvalue weighted by atomic mass is 16.7. The molecule has 0 aliphatic carbocycles. The predicted octanol–water partition coefficient (Wildman–Crippen LogP) is 2.17. The Bertz CT molecular complexity index is 439. The highest BCUT2D eigenvalue weighted by Crippen LogP contribution is 1.99. The zero-order valence-electron chi connectivity index (χ0n) is 17.2. The summed E-state index contributed by atoms with van der Waals surface area (Å²) in [5.41, 5.74) is 0. The number of unbranched alkanes of at least 4 members (excludes halogenated alkanes) is 2. The molecule has 0 aromatic heterocycles. The summed E-state index contributed by atoms with van der Waals surface area (Å²) in [4.78, 5) is 47.5. The van der Waals surface area contributed by atoms with Crippen LogP contribution in [0, 0.1) is 0 Å². The number of rotatable bonds is 16. The third-order valence-electron chi connectivity index (χ3n) is 3.74. The summed E-state index contributed by atoms with van der Waals surface area (Å²) >= 11 is 0. The van der Waals surface area contributed by atoms with Crippen molar-refractivity contribution in [1.82, 2.24) is 4.90 Å². The lowest BCUT2D eigenvalue weighted by atomic mass is 10.3. The lowest BCUT2D eigenvalue weighted by Gasteiger charge is -2.15. The topological polar surface area (TPSA) is 108 Å². The standard InChI is InChI=1S/C19H33NO8/c1-4-6-8-16(21)25-14-27-18(23)10-12-20(3)13-11-19(24)28-15-26-17(22)9-7-5-2/h4-15H2,1-3H3. The van der Waals surface area contributed by atoms with Gasteiger partial charge in [-0.1, -0.05) is 26.7 Å². The van der Waals surface area contributed by atoms with Crippen molar-refractivity contribution in [3.05, 3.63) is 0 Å². The number of nitrogens with zero attached hydrogens (tertiary/aromatic N) is 1. The minimum absolute atomic E-state index is 0.104. The van der Waals surface area contributed by atoms with Crippen molar-refractivity contribution >= 4 is 23.9 Å². The van der Waals surface area contributed by atoms with E-state index in [0.29, 0.717) is 25.9 Å². The van der Waals surface area contributed by atoms with Crippen LogP contribution in [0.25, 0.3) is 0 Å². The fourth-order valence-electron chi connectivity index (χ4n) is 1.93. The second-order valence-electron chi connectivity index (χ2n) is 6.31. The largest absolute Gasteiger partial charge is 0.428 e.